The maximum Gasteiger partial charge on any atom is 0.272 e. The predicted octanol–water partition coefficient (Wildman–Crippen LogP) is 2.40. The molecule has 0 saturated carbocycles. The monoisotopic (exact) mass is 415 g/mol. The van der Waals surface area contributed by atoms with E-state index in [0.717, 1.165) is 22.7 Å². The fourth-order valence-corrected chi connectivity index (χ4v) is 3.79. The first-order valence-electron chi connectivity index (χ1n) is 7.79. The summed E-state index contributed by atoms with van der Waals surface area (Å²) >= 11 is 3.13. The molecule has 0 aliphatic carbocycles. The summed E-state index contributed by atoms with van der Waals surface area (Å²) in [6.07, 6.45) is 4.71. The van der Waals surface area contributed by atoms with Crippen molar-refractivity contribution < 1.29 is 13.2 Å². The summed E-state index contributed by atoms with van der Waals surface area (Å²) in [6, 6.07) is 6.38. The number of carbonyl (C=O) groups excluding carboxylic acids is 1. The van der Waals surface area contributed by atoms with E-state index >= 15 is 0 Å². The Hall–Kier alpha value is -1.59. The van der Waals surface area contributed by atoms with Crippen molar-refractivity contribution in [3.8, 4) is 6.19 Å². The lowest BCUT2D eigenvalue weighted by Crippen LogP contribution is -2.28. The second kappa shape index (κ2) is 10.3. The number of benzene rings is 1. The number of rotatable bonds is 10. The number of sulfonamides is 1. The molecule has 0 atom stereocenters. The van der Waals surface area contributed by atoms with Crippen molar-refractivity contribution in [1.29, 1.82) is 5.26 Å². The molecule has 1 aromatic rings. The van der Waals surface area contributed by atoms with Crippen LogP contribution in [0.3, 0.4) is 0 Å². The number of hydrogen-bond acceptors (Lipinski definition) is 4. The van der Waals surface area contributed by atoms with Crippen LogP contribution in [0.5, 0.6) is 0 Å². The molecule has 132 valence electrons. The lowest BCUT2D eigenvalue weighted by molar-refractivity contribution is -0.121. The van der Waals surface area contributed by atoms with E-state index in [1.807, 2.05) is 6.92 Å². The first-order chi connectivity index (χ1) is 11.5. The Morgan fingerprint density at radius 2 is 2.00 bits per heavy atom. The summed E-state index contributed by atoms with van der Waals surface area (Å²) in [5.74, 6) is 0.0375. The van der Waals surface area contributed by atoms with Gasteiger partial charge in [0.05, 0.1) is 11.4 Å². The van der Waals surface area contributed by atoms with E-state index in [1.165, 1.54) is 12.1 Å². The fraction of sp³-hybridized carbons (Fsp3) is 0.500. The van der Waals surface area contributed by atoms with Gasteiger partial charge in [-0.15, -0.1) is 0 Å². The van der Waals surface area contributed by atoms with Gasteiger partial charge < -0.3 is 5.32 Å². The van der Waals surface area contributed by atoms with Crippen LogP contribution in [-0.2, 0) is 21.2 Å². The predicted molar refractivity (Wildman–Crippen MR) is 96.0 cm³/mol. The Bertz CT molecular complexity index is 669. The summed E-state index contributed by atoms with van der Waals surface area (Å²) in [6.45, 7) is 2.64. The molecule has 0 radical (unpaired) electrons. The third-order valence-corrected chi connectivity index (χ3v) is 5.47. The van der Waals surface area contributed by atoms with E-state index in [9.17, 15) is 13.2 Å². The first kappa shape index (κ1) is 20.5. The molecule has 0 spiro atoms. The van der Waals surface area contributed by atoms with Crippen LogP contribution < -0.4 is 5.32 Å². The van der Waals surface area contributed by atoms with Crippen LogP contribution in [0.1, 0.15) is 31.7 Å². The molecule has 24 heavy (non-hydrogen) atoms. The molecule has 1 N–H and O–H groups in total. The normalized spacial score (nSPS) is 10.9. The Labute approximate surface area is 152 Å². The average Bonchev–Trinajstić information content (AvgIpc) is 2.58. The molecule has 0 aliphatic rings. The Morgan fingerprint density at radius 1 is 1.33 bits per heavy atom. The molecule has 0 heterocycles. The molecule has 1 amide bonds. The maximum atomic E-state index is 12.3. The van der Waals surface area contributed by atoms with Gasteiger partial charge >= 0.3 is 0 Å². The number of amides is 1. The topological polar surface area (TPSA) is 90.3 Å². The molecule has 0 saturated heterocycles. The van der Waals surface area contributed by atoms with Crippen molar-refractivity contribution in [3.63, 3.8) is 0 Å². The van der Waals surface area contributed by atoms with Crippen LogP contribution in [0.2, 0.25) is 0 Å². The van der Waals surface area contributed by atoms with Crippen LogP contribution >= 0.6 is 15.9 Å². The summed E-state index contributed by atoms with van der Waals surface area (Å²) < 4.78 is 25.3. The molecule has 0 aromatic heterocycles. The van der Waals surface area contributed by atoms with E-state index in [4.69, 9.17) is 5.26 Å². The Balaban J connectivity index is 2.63. The Morgan fingerprint density at radius 3 is 2.54 bits per heavy atom. The van der Waals surface area contributed by atoms with Gasteiger partial charge in [0.2, 0.25) is 5.91 Å². The van der Waals surface area contributed by atoms with Crippen molar-refractivity contribution >= 4 is 31.9 Å². The van der Waals surface area contributed by atoms with Gasteiger partial charge in [0, 0.05) is 18.3 Å². The highest BCUT2D eigenvalue weighted by molar-refractivity contribution is 9.09. The molecule has 8 heteroatoms. The second-order valence-electron chi connectivity index (χ2n) is 5.21. The zero-order valence-corrected chi connectivity index (χ0v) is 16.1. The molecular formula is C16H22BrN3O3S. The van der Waals surface area contributed by atoms with Gasteiger partial charge in [0.25, 0.3) is 10.0 Å². The van der Waals surface area contributed by atoms with Gasteiger partial charge in [0.1, 0.15) is 0 Å². The molecule has 6 nitrogen and oxygen atoms in total. The van der Waals surface area contributed by atoms with Crippen molar-refractivity contribution in [2.45, 2.75) is 37.5 Å². The quantitative estimate of drug-likeness (QED) is 0.360. The standard InChI is InChI=1S/C16H22BrN3O3S/c1-2-3-4-16(21)19-11-9-14-5-7-15(8-6-14)24(22,23)20(13-18)12-10-17/h5-8H,2-4,9-12H2,1H3,(H,19,21). The summed E-state index contributed by atoms with van der Waals surface area (Å²) in [5.41, 5.74) is 0.925. The minimum absolute atomic E-state index is 0.0375. The largest absolute Gasteiger partial charge is 0.356 e. The summed E-state index contributed by atoms with van der Waals surface area (Å²) in [5, 5.41) is 12.2. The molecule has 0 unspecified atom stereocenters. The molecule has 0 bridgehead atoms. The van der Waals surface area contributed by atoms with Gasteiger partial charge in [-0.05, 0) is 30.5 Å². The van der Waals surface area contributed by atoms with E-state index in [0.29, 0.717) is 24.7 Å². The average molecular weight is 416 g/mol. The van der Waals surface area contributed by atoms with Gasteiger partial charge in [-0.1, -0.05) is 41.4 Å². The number of halogens is 1. The summed E-state index contributed by atoms with van der Waals surface area (Å²) in [7, 11) is -3.80. The third-order valence-electron chi connectivity index (χ3n) is 3.40. The number of nitriles is 1. The van der Waals surface area contributed by atoms with Crippen LogP contribution in [0, 0.1) is 11.5 Å². The van der Waals surface area contributed by atoms with Crippen molar-refractivity contribution in [1.82, 2.24) is 9.62 Å². The van der Waals surface area contributed by atoms with E-state index in [-0.39, 0.29) is 17.3 Å². The lowest BCUT2D eigenvalue weighted by Gasteiger charge is -2.14. The SMILES string of the molecule is CCCCC(=O)NCCc1ccc(S(=O)(=O)N(C#N)CCBr)cc1. The molecular weight excluding hydrogens is 394 g/mol. The van der Waals surface area contributed by atoms with Crippen molar-refractivity contribution in [2.24, 2.45) is 0 Å². The molecule has 0 fully saturated rings. The first-order valence-corrected chi connectivity index (χ1v) is 10.4. The van der Waals surface area contributed by atoms with Gasteiger partial charge in [-0.2, -0.15) is 5.26 Å². The van der Waals surface area contributed by atoms with Gasteiger partial charge in [0.15, 0.2) is 6.19 Å². The van der Waals surface area contributed by atoms with Crippen LogP contribution in [0.25, 0.3) is 0 Å². The fourth-order valence-electron chi connectivity index (χ4n) is 2.03. The van der Waals surface area contributed by atoms with Crippen LogP contribution in [-0.4, -0.2) is 37.0 Å². The number of unbranched alkanes of at least 4 members (excludes halogenated alkanes) is 1. The lowest BCUT2D eigenvalue weighted by atomic mass is 10.1. The number of carbonyl (C=O) groups is 1. The number of alkyl halides is 1. The highest BCUT2D eigenvalue weighted by Gasteiger charge is 2.22. The molecule has 1 aromatic carbocycles. The zero-order valence-electron chi connectivity index (χ0n) is 13.7. The van der Waals surface area contributed by atoms with Crippen molar-refractivity contribution in [2.75, 3.05) is 18.4 Å². The minimum atomic E-state index is -3.80. The second-order valence-corrected chi connectivity index (χ2v) is 7.87. The van der Waals surface area contributed by atoms with Crippen molar-refractivity contribution in [3.05, 3.63) is 29.8 Å². The van der Waals surface area contributed by atoms with Crippen LogP contribution in [0.4, 0.5) is 0 Å². The smallest absolute Gasteiger partial charge is 0.272 e. The highest BCUT2D eigenvalue weighted by Crippen LogP contribution is 2.16. The molecule has 0 aliphatic heterocycles. The molecule has 1 rings (SSSR count). The van der Waals surface area contributed by atoms with E-state index in [1.54, 1.807) is 18.3 Å². The minimum Gasteiger partial charge on any atom is -0.356 e. The third kappa shape index (κ3) is 6.13. The number of hydrogen-bond donors (Lipinski definition) is 1. The summed E-state index contributed by atoms with van der Waals surface area (Å²) in [4.78, 5) is 11.6. The Kier molecular flexibility index (Phi) is 8.79. The maximum absolute atomic E-state index is 12.3. The van der Waals surface area contributed by atoms with Gasteiger partial charge in [-0.3, -0.25) is 4.79 Å². The number of nitrogens with zero attached hydrogens (tertiary/aromatic N) is 2. The zero-order chi connectivity index (χ0) is 18.0. The van der Waals surface area contributed by atoms with Gasteiger partial charge in [-0.25, -0.2) is 12.7 Å². The number of nitrogens with one attached hydrogen (secondary N) is 1. The van der Waals surface area contributed by atoms with E-state index < -0.39 is 10.0 Å². The van der Waals surface area contributed by atoms with E-state index in [2.05, 4.69) is 21.2 Å². The van der Waals surface area contributed by atoms with Crippen LogP contribution in [0.15, 0.2) is 29.2 Å². The highest BCUT2D eigenvalue weighted by atomic mass is 79.9.